The Hall–Kier alpha value is -1.29. The molecule has 0 N–H and O–H groups in total. The van der Waals surface area contributed by atoms with Crippen molar-refractivity contribution < 1.29 is 31.1 Å². The summed E-state index contributed by atoms with van der Waals surface area (Å²) in [4.78, 5) is 0. The minimum atomic E-state index is 0. The predicted octanol–water partition coefficient (Wildman–Crippen LogP) is 6.47. The average Bonchev–Trinajstić information content (AvgIpc) is 2.57. The van der Waals surface area contributed by atoms with Crippen molar-refractivity contribution in [1.29, 1.82) is 0 Å². The summed E-state index contributed by atoms with van der Waals surface area (Å²) >= 11 is 0. The van der Waals surface area contributed by atoms with E-state index >= 15 is 0 Å². The molecule has 0 heterocycles. The second-order valence-corrected chi connectivity index (χ2v) is 7.24. The first-order valence-corrected chi connectivity index (χ1v) is 8.90. The van der Waals surface area contributed by atoms with Crippen molar-refractivity contribution in [2.75, 3.05) is 0 Å². The maximum Gasteiger partial charge on any atom is 2.00 e. The molecule has 2 unspecified atom stereocenters. The molecule has 3 rings (SSSR count). The van der Waals surface area contributed by atoms with Crippen molar-refractivity contribution >= 4 is 0 Å². The third-order valence-electron chi connectivity index (χ3n) is 4.84. The van der Waals surface area contributed by atoms with Crippen LogP contribution in [0.1, 0.15) is 50.8 Å². The van der Waals surface area contributed by atoms with Crippen molar-refractivity contribution in [1.82, 2.24) is 0 Å². The van der Waals surface area contributed by atoms with Crippen molar-refractivity contribution in [3.05, 3.63) is 113 Å². The number of aryl methyl sites for hydroxylation is 4. The second-order valence-electron chi connectivity index (χ2n) is 7.24. The van der Waals surface area contributed by atoms with Gasteiger partial charge in [-0.2, -0.15) is 35.4 Å². The first kappa shape index (κ1) is 21.0. The van der Waals surface area contributed by atoms with Gasteiger partial charge in [-0.1, -0.05) is 71.6 Å². The summed E-state index contributed by atoms with van der Waals surface area (Å²) < 4.78 is 0. The van der Waals surface area contributed by atoms with Crippen LogP contribution in [0, 0.1) is 71.8 Å². The molecule has 0 spiro atoms. The van der Waals surface area contributed by atoms with E-state index in [-0.39, 0.29) is 42.9 Å². The normalized spacial score (nSPS) is 13.0. The average molecular weight is 565 g/mol. The number of benzene rings is 3. The molecule has 3 aromatic rings. The first-order chi connectivity index (χ1) is 11.9. The zero-order valence-electron chi connectivity index (χ0n) is 16.1. The molecular formula is C25H26U. The molecular weight excluding hydrogens is 538 g/mol. The SMILES string of the molecule is [CH2-]C(c1cc(C)cc(C)c1)C(c1[c-]cc(C)cc1)c1ccc(C)cc1.[U+2]. The summed E-state index contributed by atoms with van der Waals surface area (Å²) in [6.07, 6.45) is 0. The maximum absolute atomic E-state index is 4.57. The van der Waals surface area contributed by atoms with Crippen LogP contribution in [0.15, 0.2) is 60.7 Å². The van der Waals surface area contributed by atoms with Gasteiger partial charge in [0.25, 0.3) is 0 Å². The van der Waals surface area contributed by atoms with E-state index in [1.54, 1.807) is 0 Å². The Morgan fingerprint density at radius 1 is 0.692 bits per heavy atom. The van der Waals surface area contributed by atoms with E-state index in [9.17, 15) is 0 Å². The smallest absolute Gasteiger partial charge is 0.335 e. The molecule has 0 radical (unpaired) electrons. The summed E-state index contributed by atoms with van der Waals surface area (Å²) in [5, 5.41) is 0. The molecule has 0 aromatic heterocycles. The van der Waals surface area contributed by atoms with Crippen molar-refractivity contribution in [2.24, 2.45) is 0 Å². The molecule has 26 heavy (non-hydrogen) atoms. The Kier molecular flexibility index (Phi) is 7.34. The van der Waals surface area contributed by atoms with Crippen LogP contribution in [-0.4, -0.2) is 0 Å². The monoisotopic (exact) mass is 564 g/mol. The molecule has 0 aliphatic heterocycles. The fourth-order valence-corrected chi connectivity index (χ4v) is 3.53. The molecule has 3 aromatic carbocycles. The molecule has 130 valence electrons. The van der Waals surface area contributed by atoms with Crippen molar-refractivity contribution in [2.45, 2.75) is 39.5 Å². The van der Waals surface area contributed by atoms with Crippen LogP contribution in [-0.2, 0) is 0 Å². The number of hydrogen-bond donors (Lipinski definition) is 0. The van der Waals surface area contributed by atoms with Crippen LogP contribution >= 0.6 is 0 Å². The molecule has 0 nitrogen and oxygen atoms in total. The van der Waals surface area contributed by atoms with Crippen LogP contribution in [0.2, 0.25) is 0 Å². The topological polar surface area (TPSA) is 0 Å². The van der Waals surface area contributed by atoms with E-state index < -0.39 is 0 Å². The zero-order valence-corrected chi connectivity index (χ0v) is 20.3. The Balaban J connectivity index is 0.00000243. The van der Waals surface area contributed by atoms with Gasteiger partial charge in [-0.15, -0.1) is 5.92 Å². The summed E-state index contributed by atoms with van der Waals surface area (Å²) in [5.41, 5.74) is 8.88. The van der Waals surface area contributed by atoms with Crippen LogP contribution < -0.4 is 0 Å². The molecule has 2 atom stereocenters. The largest absolute Gasteiger partial charge is 2.00 e. The molecule has 0 amide bonds. The van der Waals surface area contributed by atoms with Crippen LogP contribution in [0.5, 0.6) is 0 Å². The fourth-order valence-electron chi connectivity index (χ4n) is 3.53. The van der Waals surface area contributed by atoms with Gasteiger partial charge in [0.15, 0.2) is 0 Å². The quantitative estimate of drug-likeness (QED) is 0.319. The van der Waals surface area contributed by atoms with E-state index in [1.165, 1.54) is 38.9 Å². The van der Waals surface area contributed by atoms with Gasteiger partial charge in [-0.25, -0.2) is 0 Å². The van der Waals surface area contributed by atoms with E-state index in [4.69, 9.17) is 0 Å². The standard InChI is InChI=1S/C25H26.U/c1-17-6-10-22(11-7-17)25(23-12-8-18(2)9-13-23)21(5)24-15-19(3)14-20(4)16-24;/h6-12,14-16,21,25H,5H2,1-4H3;/q-2;+2. The summed E-state index contributed by atoms with van der Waals surface area (Å²) in [6.45, 7) is 13.1. The summed E-state index contributed by atoms with van der Waals surface area (Å²) in [6, 6.07) is 25.5. The van der Waals surface area contributed by atoms with E-state index in [2.05, 4.69) is 101 Å². The van der Waals surface area contributed by atoms with Gasteiger partial charge >= 0.3 is 31.1 Å². The zero-order chi connectivity index (χ0) is 18.0. The molecule has 1 heteroatoms. The van der Waals surface area contributed by atoms with E-state index in [0.29, 0.717) is 0 Å². The van der Waals surface area contributed by atoms with Gasteiger partial charge in [0.05, 0.1) is 0 Å². The predicted molar refractivity (Wildman–Crippen MR) is 107 cm³/mol. The van der Waals surface area contributed by atoms with Gasteiger partial charge < -0.3 is 6.92 Å². The molecule has 0 aliphatic carbocycles. The second kappa shape index (κ2) is 9.08. The molecule has 0 saturated carbocycles. The minimum Gasteiger partial charge on any atom is -0.335 e. The van der Waals surface area contributed by atoms with Gasteiger partial charge in [-0.3, -0.25) is 0 Å². The van der Waals surface area contributed by atoms with Crippen LogP contribution in [0.4, 0.5) is 0 Å². The molecule has 0 saturated heterocycles. The number of hydrogen-bond acceptors (Lipinski definition) is 0. The minimum absolute atomic E-state index is 0. The number of rotatable bonds is 4. The van der Waals surface area contributed by atoms with E-state index in [1.807, 2.05) is 0 Å². The fraction of sp³-hybridized carbons (Fsp3) is 0.240. The van der Waals surface area contributed by atoms with Crippen molar-refractivity contribution in [3.63, 3.8) is 0 Å². The van der Waals surface area contributed by atoms with Gasteiger partial charge in [-0.05, 0) is 32.3 Å². The third-order valence-corrected chi connectivity index (χ3v) is 4.84. The van der Waals surface area contributed by atoms with Gasteiger partial charge in [0.2, 0.25) is 0 Å². The maximum atomic E-state index is 4.57. The van der Waals surface area contributed by atoms with E-state index in [0.717, 1.165) is 0 Å². The molecule has 0 aliphatic rings. The van der Waals surface area contributed by atoms with Gasteiger partial charge in [0.1, 0.15) is 0 Å². The van der Waals surface area contributed by atoms with Crippen molar-refractivity contribution in [3.8, 4) is 0 Å². The Morgan fingerprint density at radius 2 is 1.27 bits per heavy atom. The molecule has 0 fully saturated rings. The Labute approximate surface area is 182 Å². The third kappa shape index (κ3) is 4.91. The Morgan fingerprint density at radius 3 is 1.81 bits per heavy atom. The summed E-state index contributed by atoms with van der Waals surface area (Å²) in [5.74, 6) is 0.336. The summed E-state index contributed by atoms with van der Waals surface area (Å²) in [7, 11) is 0. The van der Waals surface area contributed by atoms with Gasteiger partial charge in [0, 0.05) is 0 Å². The van der Waals surface area contributed by atoms with Crippen LogP contribution in [0.25, 0.3) is 0 Å². The first-order valence-electron chi connectivity index (χ1n) is 8.90. The molecule has 0 bridgehead atoms. The Bertz CT molecular complexity index is 779. The van der Waals surface area contributed by atoms with Crippen LogP contribution in [0.3, 0.4) is 0 Å².